The summed E-state index contributed by atoms with van der Waals surface area (Å²) >= 11 is 0. The number of terminal acetylenes is 2. The summed E-state index contributed by atoms with van der Waals surface area (Å²) in [5, 5.41) is 0. The molecule has 0 heterocycles. The Labute approximate surface area is 49.1 Å². The molecule has 0 spiro atoms. The second-order valence-electron chi connectivity index (χ2n) is 0. The maximum absolute atomic E-state index is 5.25. The molecule has 0 aliphatic heterocycles. The van der Waals surface area contributed by atoms with E-state index in [1.54, 1.807) is 0 Å². The van der Waals surface area contributed by atoms with E-state index >= 15 is 0 Å². The molecule has 0 N–H and O–H groups in total. The summed E-state index contributed by atoms with van der Waals surface area (Å²) < 4.78 is 0. The van der Waals surface area contributed by atoms with Gasteiger partial charge in [0.25, 0.3) is 0 Å². The van der Waals surface area contributed by atoms with Crippen LogP contribution >= 0.6 is 0 Å². The zero-order valence-electron chi connectivity index (χ0n) is 2.86. The normalized spacial score (nSPS) is 0.800. The Morgan fingerprint density at radius 2 is 0.800 bits per heavy atom. The monoisotopic (exact) mass is 74.0 g/mol. The predicted molar refractivity (Wildman–Crippen MR) is 22.1 cm³/mol. The smallest absolute Gasteiger partial charge is 0.697 e. The summed E-state index contributed by atoms with van der Waals surface area (Å²) in [6.07, 6.45) is 18.0. The second kappa shape index (κ2) is 2500. The molecule has 0 saturated heterocycles. The van der Waals surface area contributed by atoms with E-state index in [1.165, 1.54) is 0 Å². The van der Waals surface area contributed by atoms with Gasteiger partial charge in [0, 0.05) is 0 Å². The summed E-state index contributed by atoms with van der Waals surface area (Å²) in [6.45, 7) is 0. The van der Waals surface area contributed by atoms with Gasteiger partial charge in [-0.05, 0) is 0 Å². The van der Waals surface area contributed by atoms with Crippen LogP contribution in [0.1, 0.15) is 0 Å². The molecule has 0 aromatic carbocycles. The average Bonchev–Trinajstić information content (AvgIpc) is 1.50. The van der Waals surface area contributed by atoms with Crippen molar-refractivity contribution in [3.05, 3.63) is 12.8 Å². The van der Waals surface area contributed by atoms with Gasteiger partial charge in [0.05, 0.1) is 0 Å². The van der Waals surface area contributed by atoms with Gasteiger partial charge in [-0.3, -0.25) is 0 Å². The molecule has 0 amide bonds. The van der Waals surface area contributed by atoms with Crippen molar-refractivity contribution in [2.24, 2.45) is 0 Å². The van der Waals surface area contributed by atoms with Crippen molar-refractivity contribution < 1.29 is 0 Å². The van der Waals surface area contributed by atoms with Gasteiger partial charge in [-0.2, -0.15) is 0 Å². The summed E-state index contributed by atoms with van der Waals surface area (Å²) in [5.74, 6) is 0. The van der Waals surface area contributed by atoms with Gasteiger partial charge in [0.1, 0.15) is 0 Å². The molecular weight excluding hydrogens is 72.3 g/mol. The first-order chi connectivity index (χ1) is 2.00. The van der Waals surface area contributed by atoms with Crippen molar-refractivity contribution in [3.63, 3.8) is 0 Å². The Bertz CT molecular complexity index is 19.1. The standard InChI is InChI=1S/2C2H.Mg/c2*1-2;/h2*1H;/q2*-1;+2. The van der Waals surface area contributed by atoms with E-state index in [1.807, 2.05) is 0 Å². The molecular formula is C4H2Mg. The van der Waals surface area contributed by atoms with Crippen LogP contribution in [0.2, 0.25) is 0 Å². The SMILES string of the molecule is [C-]#C.[C-]#C.[Mg+2]. The maximum Gasteiger partial charge on any atom is 2.00 e. The molecule has 0 radical (unpaired) electrons. The van der Waals surface area contributed by atoms with E-state index in [0.717, 1.165) is 0 Å². The van der Waals surface area contributed by atoms with Crippen LogP contribution in [0.25, 0.3) is 0 Å². The number of hydrogen-bond acceptors (Lipinski definition) is 0. The van der Waals surface area contributed by atoms with Gasteiger partial charge in [-0.1, -0.05) is 0 Å². The molecule has 1 heteroatoms. The van der Waals surface area contributed by atoms with Crippen LogP contribution in [-0.4, -0.2) is 23.1 Å². The Kier molecular flexibility index (Phi) is 10400. The predicted octanol–water partition coefficient (Wildman–Crippen LogP) is 0.0312. The minimum Gasteiger partial charge on any atom is -0.697 e. The van der Waals surface area contributed by atoms with Gasteiger partial charge in [-0.25, -0.2) is 0 Å². The second-order valence-corrected chi connectivity index (χ2v) is 0. The summed E-state index contributed by atoms with van der Waals surface area (Å²) in [7, 11) is 0. The van der Waals surface area contributed by atoms with E-state index in [2.05, 4.69) is 12.8 Å². The van der Waals surface area contributed by atoms with Crippen molar-refractivity contribution in [3.8, 4) is 12.8 Å². The first kappa shape index (κ1) is 20.7. The van der Waals surface area contributed by atoms with Crippen molar-refractivity contribution in [2.45, 2.75) is 0 Å². The van der Waals surface area contributed by atoms with Crippen LogP contribution < -0.4 is 0 Å². The first-order valence-corrected chi connectivity index (χ1v) is 0.577. The minimum absolute atomic E-state index is 0. The Morgan fingerprint density at radius 1 is 0.800 bits per heavy atom. The first-order valence-electron chi connectivity index (χ1n) is 0.577. The molecule has 0 fully saturated rings. The molecule has 5 heavy (non-hydrogen) atoms. The summed E-state index contributed by atoms with van der Waals surface area (Å²) in [4.78, 5) is 0. The van der Waals surface area contributed by atoms with Gasteiger partial charge in [0.15, 0.2) is 0 Å². The molecule has 0 nitrogen and oxygen atoms in total. The third-order valence-corrected chi connectivity index (χ3v) is 0. The molecule has 0 bridgehead atoms. The van der Waals surface area contributed by atoms with Crippen LogP contribution in [0.4, 0.5) is 0 Å². The van der Waals surface area contributed by atoms with Crippen LogP contribution in [0.3, 0.4) is 0 Å². The molecule has 0 rings (SSSR count). The molecule has 0 aliphatic carbocycles. The van der Waals surface area contributed by atoms with Gasteiger partial charge in [-0.15, -0.1) is 0 Å². The van der Waals surface area contributed by atoms with Gasteiger partial charge >= 0.3 is 23.1 Å². The Balaban J connectivity index is -0.0000000133. The topological polar surface area (TPSA) is 0 Å². The fraction of sp³-hybridized carbons (Fsp3) is 0. The number of hydrogen-bond donors (Lipinski definition) is 0. The van der Waals surface area contributed by atoms with E-state index in [0.29, 0.717) is 0 Å². The van der Waals surface area contributed by atoms with Crippen molar-refractivity contribution in [2.75, 3.05) is 0 Å². The molecule has 0 aromatic rings. The zero-order valence-corrected chi connectivity index (χ0v) is 4.28. The quantitative estimate of drug-likeness (QED) is 0.216. The molecule has 20 valence electrons. The third-order valence-electron chi connectivity index (χ3n) is 0. The number of rotatable bonds is 0. The molecule has 0 saturated carbocycles. The largest absolute Gasteiger partial charge is 2.00 e. The summed E-state index contributed by atoms with van der Waals surface area (Å²) in [5.41, 5.74) is 0. The maximum atomic E-state index is 5.25. The fourth-order valence-corrected chi connectivity index (χ4v) is 0. The molecule has 0 unspecified atom stereocenters. The summed E-state index contributed by atoms with van der Waals surface area (Å²) in [6, 6.07) is 0. The Morgan fingerprint density at radius 3 is 0.800 bits per heavy atom. The van der Waals surface area contributed by atoms with Crippen LogP contribution in [0.15, 0.2) is 0 Å². The zero-order chi connectivity index (χ0) is 4.00. The van der Waals surface area contributed by atoms with Gasteiger partial charge in [0.2, 0.25) is 0 Å². The fourth-order valence-electron chi connectivity index (χ4n) is 0. The van der Waals surface area contributed by atoms with E-state index < -0.39 is 0 Å². The van der Waals surface area contributed by atoms with Crippen LogP contribution in [-0.2, 0) is 0 Å². The van der Waals surface area contributed by atoms with Crippen LogP contribution in [0, 0.1) is 25.7 Å². The van der Waals surface area contributed by atoms with Crippen LogP contribution in [0.5, 0.6) is 0 Å². The van der Waals surface area contributed by atoms with Crippen molar-refractivity contribution in [1.82, 2.24) is 0 Å². The average molecular weight is 74.4 g/mol. The molecule has 0 aromatic heterocycles. The molecule has 0 aliphatic rings. The Hall–Kier alpha value is -0.114. The van der Waals surface area contributed by atoms with E-state index in [-0.39, 0.29) is 23.1 Å². The van der Waals surface area contributed by atoms with Gasteiger partial charge < -0.3 is 25.7 Å². The minimum atomic E-state index is 0. The third kappa shape index (κ3) is 1070. The molecule has 0 atom stereocenters. The van der Waals surface area contributed by atoms with E-state index in [9.17, 15) is 0 Å². The van der Waals surface area contributed by atoms with E-state index in [4.69, 9.17) is 12.8 Å². The van der Waals surface area contributed by atoms with Crippen molar-refractivity contribution >= 4 is 23.1 Å². The van der Waals surface area contributed by atoms with Crippen molar-refractivity contribution in [1.29, 1.82) is 0 Å².